The number of rotatable bonds is 3. The number of amidine groups is 1. The van der Waals surface area contributed by atoms with Gasteiger partial charge in [0.1, 0.15) is 11.7 Å². The van der Waals surface area contributed by atoms with Gasteiger partial charge in [-0.15, -0.1) is 11.8 Å². The fourth-order valence-corrected chi connectivity index (χ4v) is 2.58. The molecule has 86 valence electrons. The summed E-state index contributed by atoms with van der Waals surface area (Å²) in [5.74, 6) is 1.15. The SMILES string of the molecule is N=C(CSc1ccc(F)cc1)N1CCCC1. The third-order valence-corrected chi connectivity index (χ3v) is 3.70. The van der Waals surface area contributed by atoms with Gasteiger partial charge in [0.15, 0.2) is 0 Å². The molecule has 0 amide bonds. The molecule has 1 aromatic rings. The van der Waals surface area contributed by atoms with Crippen molar-refractivity contribution in [1.82, 2.24) is 4.90 Å². The van der Waals surface area contributed by atoms with Gasteiger partial charge < -0.3 is 4.90 Å². The lowest BCUT2D eigenvalue weighted by molar-refractivity contribution is 0.514. The molecule has 16 heavy (non-hydrogen) atoms. The minimum absolute atomic E-state index is 0.209. The van der Waals surface area contributed by atoms with Gasteiger partial charge in [-0.1, -0.05) is 0 Å². The molecular weight excluding hydrogens is 223 g/mol. The summed E-state index contributed by atoms with van der Waals surface area (Å²) in [6.07, 6.45) is 2.40. The van der Waals surface area contributed by atoms with E-state index >= 15 is 0 Å². The fraction of sp³-hybridized carbons (Fsp3) is 0.417. The van der Waals surface area contributed by atoms with E-state index < -0.39 is 0 Å². The molecule has 0 bridgehead atoms. The summed E-state index contributed by atoms with van der Waals surface area (Å²) >= 11 is 1.59. The number of halogens is 1. The van der Waals surface area contributed by atoms with Crippen molar-refractivity contribution in [2.24, 2.45) is 0 Å². The van der Waals surface area contributed by atoms with E-state index in [2.05, 4.69) is 4.90 Å². The monoisotopic (exact) mass is 238 g/mol. The van der Waals surface area contributed by atoms with Crippen LogP contribution in [0.1, 0.15) is 12.8 Å². The van der Waals surface area contributed by atoms with Crippen LogP contribution >= 0.6 is 11.8 Å². The lowest BCUT2D eigenvalue weighted by atomic mass is 10.4. The van der Waals surface area contributed by atoms with Crippen molar-refractivity contribution in [1.29, 1.82) is 5.41 Å². The first-order valence-corrected chi connectivity index (χ1v) is 6.45. The summed E-state index contributed by atoms with van der Waals surface area (Å²) < 4.78 is 12.7. The van der Waals surface area contributed by atoms with Gasteiger partial charge in [0.2, 0.25) is 0 Å². The Morgan fingerprint density at radius 2 is 1.88 bits per heavy atom. The molecule has 4 heteroatoms. The van der Waals surface area contributed by atoms with Gasteiger partial charge in [-0.2, -0.15) is 0 Å². The van der Waals surface area contributed by atoms with Crippen molar-refractivity contribution in [3.8, 4) is 0 Å². The standard InChI is InChI=1S/C12H15FN2S/c13-10-3-5-11(6-4-10)16-9-12(14)15-7-1-2-8-15/h3-6,14H,1-2,7-9H2. The molecule has 1 aliphatic heterocycles. The van der Waals surface area contributed by atoms with E-state index in [1.165, 1.54) is 25.0 Å². The van der Waals surface area contributed by atoms with Crippen LogP contribution in [0.4, 0.5) is 4.39 Å². The van der Waals surface area contributed by atoms with Crippen LogP contribution in [0.25, 0.3) is 0 Å². The summed E-state index contributed by atoms with van der Waals surface area (Å²) in [6.45, 7) is 2.03. The Bertz CT molecular complexity index is 358. The molecule has 1 heterocycles. The van der Waals surface area contributed by atoms with Gasteiger partial charge in [-0.3, -0.25) is 5.41 Å². The van der Waals surface area contributed by atoms with Crippen LogP contribution in [0.2, 0.25) is 0 Å². The first-order valence-electron chi connectivity index (χ1n) is 5.46. The van der Waals surface area contributed by atoms with E-state index in [9.17, 15) is 4.39 Å². The lowest BCUT2D eigenvalue weighted by Gasteiger charge is -2.17. The van der Waals surface area contributed by atoms with Crippen LogP contribution in [0.3, 0.4) is 0 Å². The molecule has 1 aliphatic rings. The van der Waals surface area contributed by atoms with Crippen LogP contribution in [0, 0.1) is 11.2 Å². The average Bonchev–Trinajstić information content (AvgIpc) is 2.81. The Morgan fingerprint density at radius 1 is 1.25 bits per heavy atom. The van der Waals surface area contributed by atoms with Crippen molar-refractivity contribution in [3.63, 3.8) is 0 Å². The average molecular weight is 238 g/mol. The van der Waals surface area contributed by atoms with Gasteiger partial charge in [0.05, 0.1) is 5.75 Å². The minimum Gasteiger partial charge on any atom is -0.360 e. The molecule has 0 aliphatic carbocycles. The predicted molar refractivity (Wildman–Crippen MR) is 65.7 cm³/mol. The molecule has 1 saturated heterocycles. The largest absolute Gasteiger partial charge is 0.360 e. The maximum absolute atomic E-state index is 12.7. The minimum atomic E-state index is -0.209. The highest BCUT2D eigenvalue weighted by molar-refractivity contribution is 8.00. The van der Waals surface area contributed by atoms with Gasteiger partial charge in [-0.25, -0.2) is 4.39 Å². The second-order valence-electron chi connectivity index (χ2n) is 3.88. The molecule has 0 atom stereocenters. The van der Waals surface area contributed by atoms with Gasteiger partial charge >= 0.3 is 0 Å². The Kier molecular flexibility index (Phi) is 3.83. The Balaban J connectivity index is 1.82. The zero-order valence-electron chi connectivity index (χ0n) is 9.08. The number of likely N-dealkylation sites (tertiary alicyclic amines) is 1. The van der Waals surface area contributed by atoms with Crippen molar-refractivity contribution in [2.45, 2.75) is 17.7 Å². The number of hydrogen-bond acceptors (Lipinski definition) is 2. The van der Waals surface area contributed by atoms with E-state index in [0.717, 1.165) is 18.0 Å². The van der Waals surface area contributed by atoms with Crippen LogP contribution in [-0.4, -0.2) is 29.6 Å². The topological polar surface area (TPSA) is 27.1 Å². The van der Waals surface area contributed by atoms with Gasteiger partial charge in [0.25, 0.3) is 0 Å². The summed E-state index contributed by atoms with van der Waals surface area (Å²) in [5, 5.41) is 7.91. The molecule has 0 radical (unpaired) electrons. The Hall–Kier alpha value is -1.03. The van der Waals surface area contributed by atoms with Gasteiger partial charge in [0, 0.05) is 18.0 Å². The number of nitrogens with zero attached hydrogens (tertiary/aromatic N) is 1. The van der Waals surface area contributed by atoms with Crippen molar-refractivity contribution in [3.05, 3.63) is 30.1 Å². The number of nitrogens with one attached hydrogen (secondary N) is 1. The Morgan fingerprint density at radius 3 is 2.50 bits per heavy atom. The highest BCUT2D eigenvalue weighted by Crippen LogP contribution is 2.19. The van der Waals surface area contributed by atoms with Gasteiger partial charge in [-0.05, 0) is 37.1 Å². The molecule has 0 unspecified atom stereocenters. The van der Waals surface area contributed by atoms with E-state index in [1.54, 1.807) is 23.9 Å². The zero-order valence-corrected chi connectivity index (χ0v) is 9.89. The second-order valence-corrected chi connectivity index (χ2v) is 4.93. The summed E-state index contributed by atoms with van der Waals surface area (Å²) in [6, 6.07) is 6.44. The molecular formula is C12H15FN2S. The molecule has 2 rings (SSSR count). The predicted octanol–water partition coefficient (Wildman–Crippen LogP) is 2.99. The third-order valence-electron chi connectivity index (χ3n) is 2.68. The number of thioether (sulfide) groups is 1. The van der Waals surface area contributed by atoms with Crippen molar-refractivity contribution in [2.75, 3.05) is 18.8 Å². The van der Waals surface area contributed by atoms with Crippen LogP contribution < -0.4 is 0 Å². The summed E-state index contributed by atoms with van der Waals surface area (Å²) in [4.78, 5) is 3.14. The lowest BCUT2D eigenvalue weighted by Crippen LogP contribution is -2.28. The number of benzene rings is 1. The molecule has 1 N–H and O–H groups in total. The maximum atomic E-state index is 12.7. The molecule has 0 saturated carbocycles. The van der Waals surface area contributed by atoms with E-state index in [4.69, 9.17) is 5.41 Å². The van der Waals surface area contributed by atoms with Crippen LogP contribution in [-0.2, 0) is 0 Å². The summed E-state index contributed by atoms with van der Waals surface area (Å²) in [5.41, 5.74) is 0. The smallest absolute Gasteiger partial charge is 0.123 e. The van der Waals surface area contributed by atoms with Crippen LogP contribution in [0.15, 0.2) is 29.2 Å². The normalized spacial score (nSPS) is 15.4. The highest BCUT2D eigenvalue weighted by atomic mass is 32.2. The first kappa shape index (κ1) is 11.5. The quantitative estimate of drug-likeness (QED) is 0.498. The molecule has 2 nitrogen and oxygen atoms in total. The number of hydrogen-bond donors (Lipinski definition) is 1. The van der Waals surface area contributed by atoms with E-state index in [1.807, 2.05) is 0 Å². The Labute approximate surface area is 99.3 Å². The molecule has 1 fully saturated rings. The second kappa shape index (κ2) is 5.34. The van der Waals surface area contributed by atoms with E-state index in [0.29, 0.717) is 11.6 Å². The summed E-state index contributed by atoms with van der Waals surface area (Å²) in [7, 11) is 0. The molecule has 0 aromatic heterocycles. The highest BCUT2D eigenvalue weighted by Gasteiger charge is 2.14. The first-order chi connectivity index (χ1) is 7.75. The maximum Gasteiger partial charge on any atom is 0.123 e. The van der Waals surface area contributed by atoms with E-state index in [-0.39, 0.29) is 5.82 Å². The van der Waals surface area contributed by atoms with Crippen molar-refractivity contribution >= 4 is 17.6 Å². The fourth-order valence-electron chi connectivity index (χ4n) is 1.76. The third kappa shape index (κ3) is 2.98. The molecule has 0 spiro atoms. The zero-order chi connectivity index (χ0) is 11.4. The van der Waals surface area contributed by atoms with Crippen LogP contribution in [0.5, 0.6) is 0 Å². The molecule has 1 aromatic carbocycles. The van der Waals surface area contributed by atoms with Crippen molar-refractivity contribution < 1.29 is 4.39 Å².